The molecule has 0 spiro atoms. The van der Waals surface area contributed by atoms with Crippen molar-refractivity contribution in [3.05, 3.63) is 28.7 Å². The van der Waals surface area contributed by atoms with E-state index < -0.39 is 15.8 Å². The molecule has 0 N–H and O–H groups in total. The van der Waals surface area contributed by atoms with Gasteiger partial charge >= 0.3 is 5.76 Å². The second kappa shape index (κ2) is 5.22. The number of nitrogens with zero attached hydrogens (tertiary/aromatic N) is 2. The van der Waals surface area contributed by atoms with Gasteiger partial charge in [-0.1, -0.05) is 0 Å². The number of fused-ring (bicyclic) bond motifs is 1. The first-order valence-corrected chi connectivity index (χ1v) is 8.48. The molecule has 2 atom stereocenters. The highest BCUT2D eigenvalue weighted by Crippen LogP contribution is 2.24. The van der Waals surface area contributed by atoms with E-state index >= 15 is 0 Å². The van der Waals surface area contributed by atoms with E-state index in [-0.39, 0.29) is 22.7 Å². The van der Waals surface area contributed by atoms with E-state index in [2.05, 4.69) is 0 Å². The summed E-state index contributed by atoms with van der Waals surface area (Å²) in [4.78, 5) is 11.6. The monoisotopic (exact) mass is 326 g/mol. The summed E-state index contributed by atoms with van der Waals surface area (Å²) in [6.07, 6.45) is -0.311. The van der Waals surface area contributed by atoms with Crippen LogP contribution < -0.4 is 5.76 Å². The van der Waals surface area contributed by atoms with Gasteiger partial charge < -0.3 is 9.15 Å². The molecular weight excluding hydrogens is 308 g/mol. The Morgan fingerprint density at radius 2 is 1.82 bits per heavy atom. The number of aromatic nitrogens is 1. The number of ether oxygens (including phenoxy) is 1. The van der Waals surface area contributed by atoms with Crippen LogP contribution in [-0.2, 0) is 21.8 Å². The van der Waals surface area contributed by atoms with Crippen molar-refractivity contribution in [2.24, 2.45) is 7.05 Å². The lowest BCUT2D eigenvalue weighted by atomic mass is 10.3. The van der Waals surface area contributed by atoms with Crippen LogP contribution >= 0.6 is 0 Å². The van der Waals surface area contributed by atoms with Crippen LogP contribution in [0.15, 0.2) is 32.3 Å². The van der Waals surface area contributed by atoms with Crippen LogP contribution in [-0.4, -0.2) is 42.6 Å². The van der Waals surface area contributed by atoms with Crippen LogP contribution in [0.3, 0.4) is 0 Å². The Kier molecular flexibility index (Phi) is 3.62. The minimum atomic E-state index is -3.64. The van der Waals surface area contributed by atoms with E-state index in [1.54, 1.807) is 13.1 Å². The van der Waals surface area contributed by atoms with Crippen molar-refractivity contribution in [1.82, 2.24) is 8.87 Å². The van der Waals surface area contributed by atoms with E-state index in [0.717, 1.165) is 0 Å². The van der Waals surface area contributed by atoms with Gasteiger partial charge in [0.05, 0.1) is 22.6 Å². The molecule has 1 aliphatic heterocycles. The standard InChI is InChI=1S/C14H18N2O5S/c1-9-7-16(8-10(2)20-9)22(18,19)11-4-5-12-13(6-11)21-14(17)15(12)3/h4-6,9-10H,7-8H2,1-3H3/t9-,10+. The zero-order valence-electron chi connectivity index (χ0n) is 12.6. The molecule has 1 aliphatic rings. The van der Waals surface area contributed by atoms with Gasteiger partial charge in [0.25, 0.3) is 0 Å². The number of aryl methyl sites for hydroxylation is 1. The van der Waals surface area contributed by atoms with Gasteiger partial charge in [0, 0.05) is 26.2 Å². The van der Waals surface area contributed by atoms with Gasteiger partial charge in [0.15, 0.2) is 5.58 Å². The molecule has 1 aromatic heterocycles. The largest absolute Gasteiger partial charge is 0.419 e. The average molecular weight is 326 g/mol. The third-order valence-electron chi connectivity index (χ3n) is 3.79. The number of benzene rings is 1. The molecule has 1 saturated heterocycles. The predicted molar refractivity (Wildman–Crippen MR) is 80.2 cm³/mol. The minimum Gasteiger partial charge on any atom is -0.408 e. The van der Waals surface area contributed by atoms with E-state index in [1.165, 1.54) is 21.0 Å². The van der Waals surface area contributed by atoms with Crippen molar-refractivity contribution in [2.75, 3.05) is 13.1 Å². The fourth-order valence-corrected chi connectivity index (χ4v) is 4.36. The number of hydrogen-bond acceptors (Lipinski definition) is 5. The highest BCUT2D eigenvalue weighted by Gasteiger charge is 2.32. The Bertz CT molecular complexity index is 857. The van der Waals surface area contributed by atoms with Gasteiger partial charge in [0.1, 0.15) is 0 Å². The maximum Gasteiger partial charge on any atom is 0.419 e. The lowest BCUT2D eigenvalue weighted by molar-refractivity contribution is -0.0440. The Balaban J connectivity index is 2.03. The molecule has 7 nitrogen and oxygen atoms in total. The molecule has 0 saturated carbocycles. The van der Waals surface area contributed by atoms with Crippen LogP contribution in [0.1, 0.15) is 13.8 Å². The van der Waals surface area contributed by atoms with Crippen LogP contribution in [0.2, 0.25) is 0 Å². The van der Waals surface area contributed by atoms with Crippen molar-refractivity contribution in [3.63, 3.8) is 0 Å². The molecule has 0 unspecified atom stereocenters. The number of morpholine rings is 1. The Hall–Kier alpha value is -1.64. The summed E-state index contributed by atoms with van der Waals surface area (Å²) in [7, 11) is -2.06. The van der Waals surface area contributed by atoms with E-state index in [9.17, 15) is 13.2 Å². The highest BCUT2D eigenvalue weighted by molar-refractivity contribution is 7.89. The second-order valence-corrected chi connectivity index (χ2v) is 7.57. The van der Waals surface area contributed by atoms with E-state index in [1.807, 2.05) is 13.8 Å². The molecular formula is C14H18N2O5S. The van der Waals surface area contributed by atoms with Crippen molar-refractivity contribution in [1.29, 1.82) is 0 Å². The van der Waals surface area contributed by atoms with Crippen molar-refractivity contribution < 1.29 is 17.6 Å². The maximum absolute atomic E-state index is 12.8. The van der Waals surface area contributed by atoms with Crippen LogP contribution in [0.25, 0.3) is 11.1 Å². The summed E-state index contributed by atoms with van der Waals surface area (Å²) in [5.74, 6) is -0.516. The topological polar surface area (TPSA) is 81.8 Å². The van der Waals surface area contributed by atoms with Gasteiger partial charge in [-0.25, -0.2) is 13.2 Å². The van der Waals surface area contributed by atoms with Crippen LogP contribution in [0.5, 0.6) is 0 Å². The first kappa shape index (κ1) is 15.3. The molecule has 22 heavy (non-hydrogen) atoms. The van der Waals surface area contributed by atoms with Crippen molar-refractivity contribution in [3.8, 4) is 0 Å². The third-order valence-corrected chi connectivity index (χ3v) is 5.62. The first-order chi connectivity index (χ1) is 10.3. The first-order valence-electron chi connectivity index (χ1n) is 7.04. The summed E-state index contributed by atoms with van der Waals surface area (Å²) in [5.41, 5.74) is 0.829. The van der Waals surface area contributed by atoms with Gasteiger partial charge in [-0.2, -0.15) is 4.31 Å². The van der Waals surface area contributed by atoms with Gasteiger partial charge in [-0.3, -0.25) is 4.57 Å². The quantitative estimate of drug-likeness (QED) is 0.820. The zero-order valence-corrected chi connectivity index (χ0v) is 13.5. The number of hydrogen-bond donors (Lipinski definition) is 0. The average Bonchev–Trinajstić information content (AvgIpc) is 2.72. The summed E-state index contributed by atoms with van der Waals surface area (Å²) >= 11 is 0. The number of sulfonamides is 1. The van der Waals surface area contributed by atoms with E-state index in [4.69, 9.17) is 9.15 Å². The molecule has 2 heterocycles. The fraction of sp³-hybridized carbons (Fsp3) is 0.500. The molecule has 3 rings (SSSR count). The molecule has 0 bridgehead atoms. The van der Waals surface area contributed by atoms with Crippen LogP contribution in [0.4, 0.5) is 0 Å². The molecule has 1 fully saturated rings. The third kappa shape index (κ3) is 2.47. The van der Waals surface area contributed by atoms with Gasteiger partial charge in [-0.15, -0.1) is 0 Å². The zero-order chi connectivity index (χ0) is 16.1. The molecule has 2 aromatic rings. The molecule has 1 aromatic carbocycles. The van der Waals surface area contributed by atoms with Gasteiger partial charge in [0.2, 0.25) is 10.0 Å². The van der Waals surface area contributed by atoms with Crippen LogP contribution in [0, 0.1) is 0 Å². The van der Waals surface area contributed by atoms with Crippen molar-refractivity contribution in [2.45, 2.75) is 31.0 Å². The molecule has 120 valence electrons. The molecule has 8 heteroatoms. The Morgan fingerprint density at radius 3 is 2.45 bits per heavy atom. The smallest absolute Gasteiger partial charge is 0.408 e. The summed E-state index contributed by atoms with van der Waals surface area (Å²) in [6.45, 7) is 4.31. The molecule has 0 aliphatic carbocycles. The lowest BCUT2D eigenvalue weighted by Crippen LogP contribution is -2.48. The second-order valence-electron chi connectivity index (χ2n) is 5.64. The van der Waals surface area contributed by atoms with Crippen molar-refractivity contribution >= 4 is 21.1 Å². The Labute approximate surface area is 128 Å². The lowest BCUT2D eigenvalue weighted by Gasteiger charge is -2.34. The predicted octanol–water partition coefficient (Wildman–Crippen LogP) is 0.929. The fourth-order valence-electron chi connectivity index (χ4n) is 2.75. The number of rotatable bonds is 2. The highest BCUT2D eigenvalue weighted by atomic mass is 32.2. The molecule has 0 radical (unpaired) electrons. The summed E-state index contributed by atoms with van der Waals surface area (Å²) < 4.78 is 38.9. The molecule has 0 amide bonds. The minimum absolute atomic E-state index is 0.121. The van der Waals surface area contributed by atoms with E-state index in [0.29, 0.717) is 18.6 Å². The Morgan fingerprint density at radius 1 is 1.18 bits per heavy atom. The maximum atomic E-state index is 12.8. The summed E-state index contributed by atoms with van der Waals surface area (Å²) in [6, 6.07) is 4.48. The number of oxazole rings is 1. The SMILES string of the molecule is C[C@@H]1CN(S(=O)(=O)c2ccc3c(c2)oc(=O)n3C)C[C@H](C)O1. The summed E-state index contributed by atoms with van der Waals surface area (Å²) in [5, 5.41) is 0. The van der Waals surface area contributed by atoms with Gasteiger partial charge in [-0.05, 0) is 26.0 Å². The normalized spacial score (nSPS) is 24.0.